The molecule has 25 heavy (non-hydrogen) atoms. The number of halogens is 1. The molecule has 3 N–H and O–H groups in total. The van der Waals surface area contributed by atoms with Crippen LogP contribution in [0.2, 0.25) is 0 Å². The molecule has 10 heteroatoms. The summed E-state index contributed by atoms with van der Waals surface area (Å²) >= 11 is 3.37. The first-order valence-corrected chi connectivity index (χ1v) is 8.11. The van der Waals surface area contributed by atoms with Gasteiger partial charge in [0.25, 0.3) is 0 Å². The molecule has 3 aromatic rings. The monoisotopic (exact) mass is 403 g/mol. The lowest BCUT2D eigenvalue weighted by molar-refractivity contribution is -0.384. The van der Waals surface area contributed by atoms with E-state index in [1.54, 1.807) is 6.20 Å². The van der Waals surface area contributed by atoms with E-state index in [0.29, 0.717) is 0 Å². The standard InChI is InChI=1S/C15H14BrN7O2/c16-11-7-19-22(9-11)6-5-10-1-3-12(4-2-10)20-15-18-8-13(23(24)25)14(17)21-15/h1-4,7-9H,5-6H2,(H3,17,18,20,21). The lowest BCUT2D eigenvalue weighted by Crippen LogP contribution is -2.04. The number of hydrogen-bond donors (Lipinski definition) is 2. The molecule has 0 bridgehead atoms. The molecule has 0 radical (unpaired) electrons. The third kappa shape index (κ3) is 4.29. The van der Waals surface area contributed by atoms with E-state index in [4.69, 9.17) is 5.73 Å². The number of aryl methyl sites for hydroxylation is 2. The van der Waals surface area contributed by atoms with Crippen molar-refractivity contribution in [2.75, 3.05) is 11.1 Å². The summed E-state index contributed by atoms with van der Waals surface area (Å²) in [5.41, 5.74) is 7.16. The second-order valence-corrected chi connectivity index (χ2v) is 6.13. The van der Waals surface area contributed by atoms with Crippen molar-refractivity contribution in [3.05, 3.63) is 63.0 Å². The van der Waals surface area contributed by atoms with E-state index >= 15 is 0 Å². The molecule has 0 fully saturated rings. The number of aromatic nitrogens is 4. The van der Waals surface area contributed by atoms with Crippen LogP contribution in [-0.2, 0) is 13.0 Å². The largest absolute Gasteiger partial charge is 0.378 e. The van der Waals surface area contributed by atoms with Gasteiger partial charge in [0, 0.05) is 18.4 Å². The summed E-state index contributed by atoms with van der Waals surface area (Å²) in [5.74, 6) is 0.0294. The molecule has 2 aromatic heterocycles. The first-order chi connectivity index (χ1) is 12.0. The molecule has 3 rings (SSSR count). The van der Waals surface area contributed by atoms with E-state index in [9.17, 15) is 10.1 Å². The first kappa shape index (κ1) is 16.8. The molecule has 0 amide bonds. The van der Waals surface area contributed by atoms with Gasteiger partial charge >= 0.3 is 5.69 Å². The number of nitrogens with zero attached hydrogens (tertiary/aromatic N) is 5. The lowest BCUT2D eigenvalue weighted by Gasteiger charge is -2.07. The van der Waals surface area contributed by atoms with Gasteiger partial charge in [-0.3, -0.25) is 14.8 Å². The van der Waals surface area contributed by atoms with Crippen molar-refractivity contribution in [2.24, 2.45) is 0 Å². The van der Waals surface area contributed by atoms with Gasteiger partial charge in [-0.05, 0) is 40.0 Å². The summed E-state index contributed by atoms with van der Waals surface area (Å²) in [4.78, 5) is 17.9. The molecule has 2 heterocycles. The summed E-state index contributed by atoms with van der Waals surface area (Å²) in [7, 11) is 0. The average Bonchev–Trinajstić information content (AvgIpc) is 2.99. The summed E-state index contributed by atoms with van der Waals surface area (Å²) in [6.45, 7) is 0.778. The van der Waals surface area contributed by atoms with E-state index < -0.39 is 4.92 Å². The Labute approximate surface area is 151 Å². The first-order valence-electron chi connectivity index (χ1n) is 7.32. The van der Waals surface area contributed by atoms with Crippen LogP contribution in [-0.4, -0.2) is 24.7 Å². The minimum Gasteiger partial charge on any atom is -0.378 e. The molecule has 0 unspecified atom stereocenters. The van der Waals surface area contributed by atoms with Crippen molar-refractivity contribution in [3.8, 4) is 0 Å². The Bertz CT molecular complexity index is 895. The minimum atomic E-state index is -0.619. The number of rotatable bonds is 6. The highest BCUT2D eigenvalue weighted by atomic mass is 79.9. The molecule has 0 aliphatic heterocycles. The molecule has 0 spiro atoms. The number of nitrogen functional groups attached to an aromatic ring is 1. The molecule has 0 saturated heterocycles. The number of benzene rings is 1. The van der Waals surface area contributed by atoms with Crippen LogP contribution in [0.15, 0.2) is 47.3 Å². The Morgan fingerprint density at radius 3 is 2.64 bits per heavy atom. The Morgan fingerprint density at radius 2 is 2.04 bits per heavy atom. The van der Waals surface area contributed by atoms with Crippen molar-refractivity contribution in [1.82, 2.24) is 19.7 Å². The summed E-state index contributed by atoms with van der Waals surface area (Å²) in [6, 6.07) is 7.73. The van der Waals surface area contributed by atoms with Gasteiger partial charge < -0.3 is 11.1 Å². The van der Waals surface area contributed by atoms with Gasteiger partial charge in [0.05, 0.1) is 15.6 Å². The third-order valence-corrected chi connectivity index (χ3v) is 3.85. The minimum absolute atomic E-state index is 0.176. The topological polar surface area (TPSA) is 125 Å². The number of nitro groups is 1. The zero-order chi connectivity index (χ0) is 17.8. The molecular formula is C15H14BrN7O2. The van der Waals surface area contributed by atoms with E-state index in [2.05, 4.69) is 36.3 Å². The van der Waals surface area contributed by atoms with Gasteiger partial charge in [-0.2, -0.15) is 10.1 Å². The number of nitrogens with one attached hydrogen (secondary N) is 1. The third-order valence-electron chi connectivity index (χ3n) is 3.44. The maximum absolute atomic E-state index is 10.7. The average molecular weight is 404 g/mol. The van der Waals surface area contributed by atoms with Gasteiger partial charge in [-0.1, -0.05) is 12.1 Å². The van der Waals surface area contributed by atoms with Crippen LogP contribution < -0.4 is 11.1 Å². The van der Waals surface area contributed by atoms with Gasteiger partial charge in [0.1, 0.15) is 6.20 Å². The second-order valence-electron chi connectivity index (χ2n) is 5.21. The Kier molecular flexibility index (Phi) is 4.89. The molecule has 128 valence electrons. The van der Waals surface area contributed by atoms with Crippen LogP contribution in [0.1, 0.15) is 5.56 Å². The fourth-order valence-electron chi connectivity index (χ4n) is 2.18. The van der Waals surface area contributed by atoms with E-state index in [-0.39, 0.29) is 17.5 Å². The molecular weight excluding hydrogens is 390 g/mol. The van der Waals surface area contributed by atoms with Gasteiger partial charge in [-0.15, -0.1) is 0 Å². The van der Waals surface area contributed by atoms with Crippen LogP contribution >= 0.6 is 15.9 Å². The molecule has 1 aromatic carbocycles. The lowest BCUT2D eigenvalue weighted by atomic mass is 10.1. The Hall–Kier alpha value is -3.01. The second kappa shape index (κ2) is 7.26. The van der Waals surface area contributed by atoms with Gasteiger partial charge in [-0.25, -0.2) is 4.98 Å². The molecule has 0 atom stereocenters. The van der Waals surface area contributed by atoms with Crippen molar-refractivity contribution < 1.29 is 4.92 Å². The van der Waals surface area contributed by atoms with Crippen molar-refractivity contribution in [3.63, 3.8) is 0 Å². The smallest absolute Gasteiger partial charge is 0.329 e. The highest BCUT2D eigenvalue weighted by Crippen LogP contribution is 2.21. The SMILES string of the molecule is Nc1nc(Nc2ccc(CCn3cc(Br)cn3)cc2)ncc1[N+](=O)[O-]. The van der Waals surface area contributed by atoms with E-state index in [1.807, 2.05) is 35.1 Å². The highest BCUT2D eigenvalue weighted by Gasteiger charge is 2.14. The number of anilines is 3. The Balaban J connectivity index is 1.62. The fraction of sp³-hybridized carbons (Fsp3) is 0.133. The van der Waals surface area contributed by atoms with Crippen LogP contribution in [0.4, 0.5) is 23.1 Å². The van der Waals surface area contributed by atoms with E-state index in [0.717, 1.165) is 34.9 Å². The van der Waals surface area contributed by atoms with Gasteiger partial charge in [0.2, 0.25) is 11.8 Å². The van der Waals surface area contributed by atoms with Crippen molar-refractivity contribution in [2.45, 2.75) is 13.0 Å². The predicted molar refractivity (Wildman–Crippen MR) is 96.5 cm³/mol. The summed E-state index contributed by atoms with van der Waals surface area (Å²) in [6.07, 6.45) is 5.60. The van der Waals surface area contributed by atoms with Crippen molar-refractivity contribution >= 4 is 39.1 Å². The van der Waals surface area contributed by atoms with Crippen molar-refractivity contribution in [1.29, 1.82) is 0 Å². The normalized spacial score (nSPS) is 10.6. The summed E-state index contributed by atoms with van der Waals surface area (Å²) in [5, 5.41) is 17.9. The maximum atomic E-state index is 10.7. The fourth-order valence-corrected chi connectivity index (χ4v) is 2.51. The van der Waals surface area contributed by atoms with E-state index in [1.165, 1.54) is 0 Å². The predicted octanol–water partition coefficient (Wildman–Crippen LogP) is 2.91. The molecule has 9 nitrogen and oxygen atoms in total. The quantitative estimate of drug-likeness (QED) is 0.478. The Morgan fingerprint density at radius 1 is 1.28 bits per heavy atom. The zero-order valence-electron chi connectivity index (χ0n) is 13.0. The van der Waals surface area contributed by atoms with Crippen LogP contribution in [0, 0.1) is 10.1 Å². The number of hydrogen-bond acceptors (Lipinski definition) is 7. The number of nitrogens with two attached hydrogens (primary N) is 1. The van der Waals surface area contributed by atoms with Crippen LogP contribution in [0.5, 0.6) is 0 Å². The maximum Gasteiger partial charge on any atom is 0.329 e. The zero-order valence-corrected chi connectivity index (χ0v) is 14.5. The highest BCUT2D eigenvalue weighted by molar-refractivity contribution is 9.10. The molecule has 0 aliphatic rings. The van der Waals surface area contributed by atoms with Crippen LogP contribution in [0.25, 0.3) is 0 Å². The molecule has 0 aliphatic carbocycles. The summed E-state index contributed by atoms with van der Waals surface area (Å²) < 4.78 is 2.82. The van der Waals surface area contributed by atoms with Gasteiger partial charge in [0.15, 0.2) is 0 Å². The molecule has 0 saturated carbocycles. The van der Waals surface area contributed by atoms with Crippen LogP contribution in [0.3, 0.4) is 0 Å².